The summed E-state index contributed by atoms with van der Waals surface area (Å²) in [7, 11) is 0.366. The van der Waals surface area contributed by atoms with Gasteiger partial charge in [-0.25, -0.2) is 0 Å². The highest BCUT2D eigenvalue weighted by Crippen LogP contribution is 2.61. The zero-order chi connectivity index (χ0) is 20.1. The van der Waals surface area contributed by atoms with E-state index in [1.54, 1.807) is 27.7 Å². The van der Waals surface area contributed by atoms with E-state index in [-0.39, 0.29) is 18.1 Å². The number of nitrogens with one attached hydrogen (secondary N) is 1. The molecule has 0 aliphatic heterocycles. The molecule has 148 valence electrons. The van der Waals surface area contributed by atoms with Gasteiger partial charge in [0.25, 0.3) is 0 Å². The van der Waals surface area contributed by atoms with Crippen molar-refractivity contribution in [3.63, 3.8) is 0 Å². The highest BCUT2D eigenvalue weighted by molar-refractivity contribution is 9.10. The lowest BCUT2D eigenvalue weighted by molar-refractivity contribution is -0.119. The van der Waals surface area contributed by atoms with Gasteiger partial charge >= 0.3 is 7.60 Å². The van der Waals surface area contributed by atoms with Gasteiger partial charge in [-0.15, -0.1) is 0 Å². The fourth-order valence-electron chi connectivity index (χ4n) is 2.42. The predicted molar refractivity (Wildman–Crippen MR) is 110 cm³/mol. The number of amides is 1. The van der Waals surface area contributed by atoms with Crippen molar-refractivity contribution in [1.82, 2.24) is 5.32 Å². The fourth-order valence-corrected chi connectivity index (χ4v) is 5.51. The molecular weight excluding hydrogens is 419 g/mol. The van der Waals surface area contributed by atoms with Crippen LogP contribution in [-0.2, 0) is 18.4 Å². The molecule has 0 saturated carbocycles. The van der Waals surface area contributed by atoms with E-state index in [0.717, 1.165) is 11.3 Å². The van der Waals surface area contributed by atoms with Crippen LogP contribution in [0.4, 0.5) is 5.69 Å². The first-order valence-electron chi connectivity index (χ1n) is 8.61. The number of carbonyl (C=O) groups excluding carboxylic acids is 1. The first-order valence-corrected chi connectivity index (χ1v) is 11.1. The summed E-state index contributed by atoms with van der Waals surface area (Å²) < 4.78 is 24.1. The number of alkyl halides is 1. The van der Waals surface area contributed by atoms with Crippen molar-refractivity contribution < 1.29 is 18.4 Å². The summed E-state index contributed by atoms with van der Waals surface area (Å²) in [6.07, 6.45) is -0.567. The molecular formula is C18H30BrN2O4P. The monoisotopic (exact) mass is 448 g/mol. The molecule has 8 heteroatoms. The van der Waals surface area contributed by atoms with Gasteiger partial charge in [0.15, 0.2) is 0 Å². The van der Waals surface area contributed by atoms with Crippen LogP contribution in [0.5, 0.6) is 0 Å². The summed E-state index contributed by atoms with van der Waals surface area (Å²) in [4.78, 5) is 13.8. The second-order valence-electron chi connectivity index (χ2n) is 6.88. The number of hydrogen-bond donors (Lipinski definition) is 1. The van der Waals surface area contributed by atoms with E-state index < -0.39 is 18.2 Å². The fraction of sp³-hybridized carbons (Fsp3) is 0.611. The average molecular weight is 449 g/mol. The van der Waals surface area contributed by atoms with Crippen LogP contribution >= 0.6 is 23.5 Å². The van der Waals surface area contributed by atoms with Crippen molar-refractivity contribution in [3.8, 4) is 0 Å². The van der Waals surface area contributed by atoms with Gasteiger partial charge in [0.05, 0.1) is 18.2 Å². The molecule has 1 amide bonds. The molecule has 2 atom stereocenters. The molecule has 0 spiro atoms. The minimum Gasteiger partial charge on any atom is -0.378 e. The average Bonchev–Trinajstić information content (AvgIpc) is 2.50. The molecule has 1 aromatic rings. The molecule has 2 unspecified atom stereocenters. The maximum Gasteiger partial charge on any atom is 0.347 e. The molecule has 0 bridgehead atoms. The highest BCUT2D eigenvalue weighted by atomic mass is 79.9. The van der Waals surface area contributed by atoms with Crippen molar-refractivity contribution in [2.24, 2.45) is 0 Å². The van der Waals surface area contributed by atoms with Crippen LogP contribution in [0.2, 0.25) is 0 Å². The first-order chi connectivity index (χ1) is 12.0. The molecule has 1 N–H and O–H groups in total. The van der Waals surface area contributed by atoms with Gasteiger partial charge in [0.2, 0.25) is 5.91 Å². The summed E-state index contributed by atoms with van der Waals surface area (Å²) in [5, 5.41) is 2.87. The van der Waals surface area contributed by atoms with Gasteiger partial charge in [-0.3, -0.25) is 9.36 Å². The third-order valence-electron chi connectivity index (χ3n) is 3.42. The van der Waals surface area contributed by atoms with Crippen LogP contribution in [-0.4, -0.2) is 36.8 Å². The van der Waals surface area contributed by atoms with E-state index in [1.165, 1.54) is 6.92 Å². The largest absolute Gasteiger partial charge is 0.378 e. The van der Waals surface area contributed by atoms with Crippen molar-refractivity contribution in [2.45, 2.75) is 57.4 Å². The number of rotatable bonds is 9. The van der Waals surface area contributed by atoms with Gasteiger partial charge in [-0.1, -0.05) is 28.1 Å². The van der Waals surface area contributed by atoms with Gasteiger partial charge < -0.3 is 19.3 Å². The number of benzene rings is 1. The Bertz CT molecular complexity index is 621. The third kappa shape index (κ3) is 6.69. The van der Waals surface area contributed by atoms with Crippen molar-refractivity contribution in [3.05, 3.63) is 29.8 Å². The standard InChI is InChI=1S/C18H30BrN2O4P/c1-12(2)24-26(23,25-13(3)4)18(19)17(20-14(5)22)15-8-10-16(11-9-15)21(6)7/h8-13,17-18H,1-7H3,(H,20,22). The van der Waals surface area contributed by atoms with Crippen LogP contribution in [0, 0.1) is 0 Å². The third-order valence-corrected chi connectivity index (χ3v) is 7.79. The summed E-state index contributed by atoms with van der Waals surface area (Å²) in [6.45, 7) is 8.63. The molecule has 0 aliphatic carbocycles. The maximum atomic E-state index is 13.5. The predicted octanol–water partition coefficient (Wildman–Crippen LogP) is 4.69. The number of carbonyl (C=O) groups is 1. The van der Waals surface area contributed by atoms with E-state index in [0.29, 0.717) is 0 Å². The highest BCUT2D eigenvalue weighted by Gasteiger charge is 2.42. The Morgan fingerprint density at radius 1 is 1.08 bits per heavy atom. The molecule has 0 saturated heterocycles. The van der Waals surface area contributed by atoms with E-state index in [2.05, 4.69) is 21.2 Å². The van der Waals surface area contributed by atoms with E-state index in [9.17, 15) is 9.36 Å². The Labute approximate surface area is 165 Å². The van der Waals surface area contributed by atoms with Crippen LogP contribution in [0.15, 0.2) is 24.3 Å². The molecule has 26 heavy (non-hydrogen) atoms. The van der Waals surface area contributed by atoms with Gasteiger partial charge in [-0.2, -0.15) is 0 Å². The van der Waals surface area contributed by atoms with E-state index in [4.69, 9.17) is 9.05 Å². The Kier molecular flexibility index (Phi) is 8.80. The molecule has 0 heterocycles. The second-order valence-corrected chi connectivity index (χ2v) is 10.6. The number of hydrogen-bond acceptors (Lipinski definition) is 5. The minimum atomic E-state index is -3.54. The smallest absolute Gasteiger partial charge is 0.347 e. The lowest BCUT2D eigenvalue weighted by Gasteiger charge is -2.32. The van der Waals surface area contributed by atoms with Crippen molar-refractivity contribution >= 4 is 35.1 Å². The number of nitrogens with zero attached hydrogens (tertiary/aromatic N) is 1. The summed E-state index contributed by atoms with van der Waals surface area (Å²) in [5.41, 5.74) is 1.84. The molecule has 1 aromatic carbocycles. The molecule has 0 aliphatic rings. The Morgan fingerprint density at radius 2 is 1.54 bits per heavy atom. The lowest BCUT2D eigenvalue weighted by Crippen LogP contribution is -2.33. The number of anilines is 1. The Hall–Kier alpha value is -0.880. The second kappa shape index (κ2) is 9.88. The molecule has 0 aromatic heterocycles. The molecule has 0 fully saturated rings. The lowest BCUT2D eigenvalue weighted by atomic mass is 10.1. The van der Waals surface area contributed by atoms with Crippen LogP contribution in [0.25, 0.3) is 0 Å². The molecule has 6 nitrogen and oxygen atoms in total. The number of halogens is 1. The Morgan fingerprint density at radius 3 is 1.88 bits per heavy atom. The van der Waals surface area contributed by atoms with Crippen LogP contribution in [0.3, 0.4) is 0 Å². The van der Waals surface area contributed by atoms with Gasteiger partial charge in [-0.05, 0) is 45.4 Å². The molecule has 1 rings (SSSR count). The SMILES string of the molecule is CC(=O)NC(c1ccc(N(C)C)cc1)C(Br)P(=O)(OC(C)C)OC(C)C. The first kappa shape index (κ1) is 23.2. The van der Waals surface area contributed by atoms with Gasteiger partial charge in [0, 0.05) is 26.7 Å². The van der Waals surface area contributed by atoms with Crippen molar-refractivity contribution in [2.75, 3.05) is 19.0 Å². The van der Waals surface area contributed by atoms with E-state index in [1.807, 2.05) is 43.3 Å². The van der Waals surface area contributed by atoms with Gasteiger partial charge in [0.1, 0.15) is 4.57 Å². The summed E-state index contributed by atoms with van der Waals surface area (Å²) in [6, 6.07) is 7.13. The van der Waals surface area contributed by atoms with E-state index >= 15 is 0 Å². The topological polar surface area (TPSA) is 67.9 Å². The van der Waals surface area contributed by atoms with Crippen LogP contribution in [0.1, 0.15) is 46.2 Å². The zero-order valence-electron chi connectivity index (χ0n) is 16.5. The molecule has 0 radical (unpaired) electrons. The maximum absolute atomic E-state index is 13.5. The zero-order valence-corrected chi connectivity index (χ0v) is 19.0. The normalized spacial score (nSPS) is 14.4. The minimum absolute atomic E-state index is 0.225. The quantitative estimate of drug-likeness (QED) is 0.438. The summed E-state index contributed by atoms with van der Waals surface area (Å²) in [5.74, 6) is -0.225. The Balaban J connectivity index is 3.27. The summed E-state index contributed by atoms with van der Waals surface area (Å²) >= 11 is 3.50. The van der Waals surface area contributed by atoms with Crippen molar-refractivity contribution in [1.29, 1.82) is 0 Å². The van der Waals surface area contributed by atoms with Crippen LogP contribution < -0.4 is 10.2 Å².